The molecule has 2 fully saturated rings. The van der Waals surface area contributed by atoms with Gasteiger partial charge in [0.2, 0.25) is 0 Å². The Bertz CT molecular complexity index is 436. The zero-order chi connectivity index (χ0) is 12.7. The van der Waals surface area contributed by atoms with Crippen LogP contribution in [0.4, 0.5) is 4.39 Å². The van der Waals surface area contributed by atoms with E-state index in [2.05, 4.69) is 15.9 Å². The molecule has 2 aliphatic carbocycles. The van der Waals surface area contributed by atoms with Gasteiger partial charge in [0.05, 0.1) is 4.47 Å². The van der Waals surface area contributed by atoms with Gasteiger partial charge in [-0.1, -0.05) is 25.0 Å². The van der Waals surface area contributed by atoms with Gasteiger partial charge >= 0.3 is 0 Å². The van der Waals surface area contributed by atoms with Gasteiger partial charge in [-0.2, -0.15) is 0 Å². The molecule has 0 spiro atoms. The highest BCUT2D eigenvalue weighted by Crippen LogP contribution is 2.56. The maximum absolute atomic E-state index is 13.5. The van der Waals surface area contributed by atoms with Gasteiger partial charge in [0.15, 0.2) is 0 Å². The number of rotatable bonds is 3. The second-order valence-electron chi connectivity index (χ2n) is 5.77. The first-order valence-electron chi connectivity index (χ1n) is 6.87. The minimum absolute atomic E-state index is 0.187. The maximum atomic E-state index is 13.5. The van der Waals surface area contributed by atoms with E-state index in [0.717, 1.165) is 23.8 Å². The van der Waals surface area contributed by atoms with Crippen molar-refractivity contribution in [1.82, 2.24) is 0 Å². The fourth-order valence-corrected chi connectivity index (χ4v) is 4.21. The maximum Gasteiger partial charge on any atom is 0.137 e. The summed E-state index contributed by atoms with van der Waals surface area (Å²) >= 11 is 3.32. The van der Waals surface area contributed by atoms with Crippen molar-refractivity contribution in [2.24, 2.45) is 23.5 Å². The Kier molecular flexibility index (Phi) is 3.46. The molecule has 1 aromatic carbocycles. The van der Waals surface area contributed by atoms with E-state index in [4.69, 9.17) is 5.73 Å². The summed E-state index contributed by atoms with van der Waals surface area (Å²) in [5.41, 5.74) is 7.35. The number of halogens is 2. The van der Waals surface area contributed by atoms with Crippen molar-refractivity contribution in [2.45, 2.75) is 38.1 Å². The summed E-state index contributed by atoms with van der Waals surface area (Å²) in [7, 11) is 0. The first-order chi connectivity index (χ1) is 8.68. The molecule has 2 N–H and O–H groups in total. The van der Waals surface area contributed by atoms with Crippen molar-refractivity contribution in [1.29, 1.82) is 0 Å². The van der Waals surface area contributed by atoms with Crippen molar-refractivity contribution >= 4 is 15.9 Å². The number of hydrogen-bond donors (Lipinski definition) is 1. The molecule has 18 heavy (non-hydrogen) atoms. The molecule has 0 aromatic heterocycles. The highest BCUT2D eigenvalue weighted by Gasteiger charge is 2.52. The molecule has 0 radical (unpaired) electrons. The largest absolute Gasteiger partial charge is 0.327 e. The third-order valence-electron chi connectivity index (χ3n) is 4.70. The van der Waals surface area contributed by atoms with Crippen LogP contribution in [0.15, 0.2) is 22.7 Å². The minimum atomic E-state index is -0.187. The summed E-state index contributed by atoms with van der Waals surface area (Å²) in [6.07, 6.45) is 6.23. The first-order valence-corrected chi connectivity index (χ1v) is 7.66. The third-order valence-corrected chi connectivity index (χ3v) is 5.59. The van der Waals surface area contributed by atoms with Crippen LogP contribution < -0.4 is 5.73 Å². The molecule has 3 rings (SSSR count). The fraction of sp³-hybridized carbons (Fsp3) is 0.600. The molecule has 0 bridgehead atoms. The average Bonchev–Trinajstić information content (AvgIpc) is 3.09. The molecule has 1 aromatic rings. The topological polar surface area (TPSA) is 26.0 Å². The number of hydrogen-bond acceptors (Lipinski definition) is 1. The van der Waals surface area contributed by atoms with Crippen LogP contribution in [0.5, 0.6) is 0 Å². The van der Waals surface area contributed by atoms with E-state index >= 15 is 0 Å². The van der Waals surface area contributed by atoms with Crippen LogP contribution in [-0.4, -0.2) is 6.04 Å². The second kappa shape index (κ2) is 4.93. The molecule has 3 atom stereocenters. The van der Waals surface area contributed by atoms with Gasteiger partial charge in [0.25, 0.3) is 0 Å². The number of nitrogens with two attached hydrogens (primary N) is 1. The minimum Gasteiger partial charge on any atom is -0.327 e. The van der Waals surface area contributed by atoms with Crippen LogP contribution >= 0.6 is 15.9 Å². The molecule has 0 saturated heterocycles. The molecule has 2 aliphatic rings. The summed E-state index contributed by atoms with van der Waals surface area (Å²) in [5.74, 6) is 2.22. The lowest BCUT2D eigenvalue weighted by Gasteiger charge is -2.13. The lowest BCUT2D eigenvalue weighted by Crippen LogP contribution is -2.27. The molecular weight excluding hydrogens is 293 g/mol. The van der Waals surface area contributed by atoms with E-state index in [0.29, 0.717) is 10.4 Å². The van der Waals surface area contributed by atoms with Crippen molar-refractivity contribution in [3.8, 4) is 0 Å². The van der Waals surface area contributed by atoms with Crippen molar-refractivity contribution < 1.29 is 4.39 Å². The second-order valence-corrected chi connectivity index (χ2v) is 6.56. The first kappa shape index (κ1) is 12.6. The summed E-state index contributed by atoms with van der Waals surface area (Å²) in [5, 5.41) is 0. The van der Waals surface area contributed by atoms with E-state index in [1.54, 1.807) is 6.07 Å². The molecule has 0 aliphatic heterocycles. The van der Waals surface area contributed by atoms with E-state index in [1.807, 2.05) is 6.07 Å². The van der Waals surface area contributed by atoms with Crippen molar-refractivity contribution in [2.75, 3.05) is 0 Å². The van der Waals surface area contributed by atoms with E-state index in [9.17, 15) is 4.39 Å². The monoisotopic (exact) mass is 311 g/mol. The zero-order valence-corrected chi connectivity index (χ0v) is 12.0. The average molecular weight is 312 g/mol. The smallest absolute Gasteiger partial charge is 0.137 e. The Hall–Kier alpha value is -0.410. The van der Waals surface area contributed by atoms with Crippen molar-refractivity contribution in [3.63, 3.8) is 0 Å². The zero-order valence-electron chi connectivity index (χ0n) is 10.4. The molecule has 2 saturated carbocycles. The predicted octanol–water partition coefficient (Wildman–Crippen LogP) is 3.89. The summed E-state index contributed by atoms with van der Waals surface area (Å²) in [6.45, 7) is 0. The lowest BCUT2D eigenvalue weighted by molar-refractivity contribution is 0.480. The molecule has 3 heteroatoms. The van der Waals surface area contributed by atoms with Gasteiger partial charge in [-0.15, -0.1) is 0 Å². The van der Waals surface area contributed by atoms with E-state index in [1.165, 1.54) is 31.7 Å². The molecule has 98 valence electrons. The van der Waals surface area contributed by atoms with Crippen LogP contribution in [0.3, 0.4) is 0 Å². The summed E-state index contributed by atoms with van der Waals surface area (Å²) in [6, 6.07) is 5.41. The van der Waals surface area contributed by atoms with E-state index in [-0.39, 0.29) is 11.9 Å². The molecule has 1 nitrogen and oxygen atoms in total. The third kappa shape index (κ3) is 2.23. The van der Waals surface area contributed by atoms with Crippen molar-refractivity contribution in [3.05, 3.63) is 34.1 Å². The Labute approximate surface area is 116 Å². The molecular formula is C15H19BrFN. The Morgan fingerprint density at radius 1 is 1.28 bits per heavy atom. The molecule has 0 heterocycles. The highest BCUT2D eigenvalue weighted by molar-refractivity contribution is 9.10. The summed E-state index contributed by atoms with van der Waals surface area (Å²) in [4.78, 5) is 0. The normalized spacial score (nSPS) is 31.8. The van der Waals surface area contributed by atoms with E-state index < -0.39 is 0 Å². The van der Waals surface area contributed by atoms with Gasteiger partial charge in [0, 0.05) is 6.04 Å². The number of benzene rings is 1. The van der Waals surface area contributed by atoms with Crippen LogP contribution in [-0.2, 0) is 6.42 Å². The predicted molar refractivity (Wildman–Crippen MR) is 74.7 cm³/mol. The Morgan fingerprint density at radius 3 is 2.61 bits per heavy atom. The van der Waals surface area contributed by atoms with Crippen LogP contribution in [0.1, 0.15) is 31.2 Å². The SMILES string of the molecule is NC(Cc1cccc(F)c1Br)C1C2CCCCC21. The Balaban J connectivity index is 1.68. The summed E-state index contributed by atoms with van der Waals surface area (Å²) < 4.78 is 14.0. The van der Waals surface area contributed by atoms with Gasteiger partial charge in [-0.05, 0) is 64.6 Å². The Morgan fingerprint density at radius 2 is 1.94 bits per heavy atom. The quantitative estimate of drug-likeness (QED) is 0.900. The lowest BCUT2D eigenvalue weighted by atomic mass is 10.0. The van der Waals surface area contributed by atoms with Gasteiger partial charge in [-0.25, -0.2) is 4.39 Å². The van der Waals surface area contributed by atoms with Crippen LogP contribution in [0, 0.1) is 23.6 Å². The van der Waals surface area contributed by atoms with Crippen LogP contribution in [0.2, 0.25) is 0 Å². The fourth-order valence-electron chi connectivity index (χ4n) is 3.78. The highest BCUT2D eigenvalue weighted by atomic mass is 79.9. The van der Waals surface area contributed by atoms with Gasteiger partial charge < -0.3 is 5.73 Å². The van der Waals surface area contributed by atoms with Gasteiger partial charge in [0.1, 0.15) is 5.82 Å². The molecule has 0 amide bonds. The van der Waals surface area contributed by atoms with Gasteiger partial charge in [-0.3, -0.25) is 0 Å². The van der Waals surface area contributed by atoms with Crippen LogP contribution in [0.25, 0.3) is 0 Å². The number of fused-ring (bicyclic) bond motifs is 1. The standard InChI is InChI=1S/C15H19BrFN/c16-15-9(4-3-7-12(15)17)8-13(18)14-10-5-1-2-6-11(10)14/h3-4,7,10-11,13-14H,1-2,5-6,8,18H2. The molecule has 3 unspecified atom stereocenters.